The van der Waals surface area contributed by atoms with Gasteiger partial charge < -0.3 is 4.74 Å². The molecule has 2 aromatic rings. The van der Waals surface area contributed by atoms with Crippen molar-refractivity contribution in [3.05, 3.63) is 70.8 Å². The summed E-state index contributed by atoms with van der Waals surface area (Å²) in [5.41, 5.74) is 4.94. The van der Waals surface area contributed by atoms with Gasteiger partial charge in [-0.1, -0.05) is 36.4 Å². The average molecular weight is 236 g/mol. The molecule has 0 N–H and O–H groups in total. The van der Waals surface area contributed by atoms with Crippen LogP contribution in [-0.4, -0.2) is 0 Å². The molecule has 0 aromatic heterocycles. The molecule has 0 spiro atoms. The summed E-state index contributed by atoms with van der Waals surface area (Å²) in [7, 11) is 0. The van der Waals surface area contributed by atoms with Crippen molar-refractivity contribution in [1.82, 2.24) is 0 Å². The van der Waals surface area contributed by atoms with Gasteiger partial charge in [0.25, 0.3) is 0 Å². The molecule has 0 fully saturated rings. The average Bonchev–Trinajstić information content (AvgIpc) is 2.41. The lowest BCUT2D eigenvalue weighted by molar-refractivity contribution is 0.251. The Hall–Kier alpha value is -2.02. The third kappa shape index (κ3) is 1.92. The molecule has 90 valence electrons. The molecule has 0 saturated heterocycles. The Morgan fingerprint density at radius 2 is 1.67 bits per heavy atom. The second kappa shape index (κ2) is 4.34. The topological polar surface area (TPSA) is 9.23 Å². The van der Waals surface area contributed by atoms with Crippen LogP contribution in [0.4, 0.5) is 0 Å². The minimum atomic E-state index is 0.0285. The molecular formula is C17H16O. The van der Waals surface area contributed by atoms with E-state index in [2.05, 4.69) is 50.3 Å². The molecule has 0 unspecified atom stereocenters. The summed E-state index contributed by atoms with van der Waals surface area (Å²) >= 11 is 0. The SMILES string of the molecule is Cc1cc2c(cc1C)O[C@@H](c1ccccc1)C=C2. The van der Waals surface area contributed by atoms with Gasteiger partial charge in [-0.25, -0.2) is 0 Å². The van der Waals surface area contributed by atoms with Gasteiger partial charge in [-0.05, 0) is 48.7 Å². The second-order valence-electron chi connectivity index (χ2n) is 4.78. The van der Waals surface area contributed by atoms with Crippen molar-refractivity contribution in [3.8, 4) is 5.75 Å². The maximum absolute atomic E-state index is 6.07. The van der Waals surface area contributed by atoms with E-state index in [1.165, 1.54) is 22.3 Å². The smallest absolute Gasteiger partial charge is 0.142 e. The predicted octanol–water partition coefficient (Wildman–Crippen LogP) is 4.45. The predicted molar refractivity (Wildman–Crippen MR) is 74.8 cm³/mol. The van der Waals surface area contributed by atoms with Crippen molar-refractivity contribution in [2.75, 3.05) is 0 Å². The van der Waals surface area contributed by atoms with Gasteiger partial charge in [0.1, 0.15) is 11.9 Å². The zero-order valence-corrected chi connectivity index (χ0v) is 10.7. The molecule has 1 aliphatic rings. The maximum Gasteiger partial charge on any atom is 0.142 e. The summed E-state index contributed by atoms with van der Waals surface area (Å²) in [6.45, 7) is 4.25. The molecule has 0 amide bonds. The number of aryl methyl sites for hydroxylation is 2. The highest BCUT2D eigenvalue weighted by molar-refractivity contribution is 5.62. The summed E-state index contributed by atoms with van der Waals surface area (Å²) in [6, 6.07) is 14.6. The Balaban J connectivity index is 1.97. The lowest BCUT2D eigenvalue weighted by Crippen LogP contribution is -2.09. The van der Waals surface area contributed by atoms with Crippen LogP contribution < -0.4 is 4.74 Å². The van der Waals surface area contributed by atoms with Crippen molar-refractivity contribution >= 4 is 6.08 Å². The van der Waals surface area contributed by atoms with Crippen molar-refractivity contribution in [3.63, 3.8) is 0 Å². The minimum absolute atomic E-state index is 0.0285. The Bertz CT molecular complexity index is 597. The molecule has 0 bridgehead atoms. The highest BCUT2D eigenvalue weighted by atomic mass is 16.5. The molecule has 2 aromatic carbocycles. The summed E-state index contributed by atoms with van der Waals surface area (Å²) in [4.78, 5) is 0. The van der Waals surface area contributed by atoms with Crippen molar-refractivity contribution < 1.29 is 4.74 Å². The van der Waals surface area contributed by atoms with E-state index in [0.717, 1.165) is 5.75 Å². The fourth-order valence-electron chi connectivity index (χ4n) is 2.23. The summed E-state index contributed by atoms with van der Waals surface area (Å²) < 4.78 is 6.07. The molecule has 18 heavy (non-hydrogen) atoms. The van der Waals surface area contributed by atoms with Gasteiger partial charge in [-0.2, -0.15) is 0 Å². The molecule has 0 saturated carbocycles. The van der Waals surface area contributed by atoms with E-state index in [1.54, 1.807) is 0 Å². The van der Waals surface area contributed by atoms with Crippen molar-refractivity contribution in [1.29, 1.82) is 0 Å². The standard InChI is InChI=1S/C17H16O/c1-12-10-15-8-9-16(14-6-4-3-5-7-14)18-17(15)11-13(12)2/h3-11,16H,1-2H3/t16-/m1/s1. The molecule has 1 atom stereocenters. The number of ether oxygens (including phenoxy) is 1. The van der Waals surface area contributed by atoms with Crippen LogP contribution in [0.25, 0.3) is 6.08 Å². The quantitative estimate of drug-likeness (QED) is 0.710. The number of rotatable bonds is 1. The van der Waals surface area contributed by atoms with Gasteiger partial charge >= 0.3 is 0 Å². The molecule has 0 radical (unpaired) electrons. The molecule has 3 rings (SSSR count). The van der Waals surface area contributed by atoms with Crippen LogP contribution in [0.5, 0.6) is 5.75 Å². The number of benzene rings is 2. The fourth-order valence-corrected chi connectivity index (χ4v) is 2.23. The van der Waals surface area contributed by atoms with Crippen LogP contribution in [0.1, 0.15) is 28.4 Å². The number of hydrogen-bond acceptors (Lipinski definition) is 1. The zero-order valence-electron chi connectivity index (χ0n) is 10.7. The molecule has 1 nitrogen and oxygen atoms in total. The number of fused-ring (bicyclic) bond motifs is 1. The first-order chi connectivity index (χ1) is 8.74. The van der Waals surface area contributed by atoms with E-state index < -0.39 is 0 Å². The van der Waals surface area contributed by atoms with Crippen LogP contribution in [0, 0.1) is 13.8 Å². The Kier molecular flexibility index (Phi) is 2.67. The summed E-state index contributed by atoms with van der Waals surface area (Å²) in [5, 5.41) is 0. The van der Waals surface area contributed by atoms with Crippen molar-refractivity contribution in [2.24, 2.45) is 0 Å². The summed E-state index contributed by atoms with van der Waals surface area (Å²) in [6.07, 6.45) is 4.30. The van der Waals surface area contributed by atoms with Gasteiger partial charge in [0.2, 0.25) is 0 Å². The minimum Gasteiger partial charge on any atom is -0.481 e. The Morgan fingerprint density at radius 3 is 2.44 bits per heavy atom. The van der Waals surface area contributed by atoms with E-state index in [-0.39, 0.29) is 6.10 Å². The molecule has 0 aliphatic carbocycles. The van der Waals surface area contributed by atoms with Crippen LogP contribution in [-0.2, 0) is 0 Å². The zero-order chi connectivity index (χ0) is 12.5. The highest BCUT2D eigenvalue weighted by Gasteiger charge is 2.16. The van der Waals surface area contributed by atoms with Gasteiger partial charge in [0.15, 0.2) is 0 Å². The lowest BCUT2D eigenvalue weighted by Gasteiger charge is -2.22. The van der Waals surface area contributed by atoms with E-state index in [4.69, 9.17) is 4.74 Å². The number of hydrogen-bond donors (Lipinski definition) is 0. The molecule has 1 heterocycles. The monoisotopic (exact) mass is 236 g/mol. The first-order valence-corrected chi connectivity index (χ1v) is 6.25. The molecular weight excluding hydrogens is 220 g/mol. The van der Waals surface area contributed by atoms with Gasteiger partial charge in [0.05, 0.1) is 0 Å². The van der Waals surface area contributed by atoms with E-state index in [1.807, 2.05) is 18.2 Å². The lowest BCUT2D eigenvalue weighted by atomic mass is 10.0. The maximum atomic E-state index is 6.07. The van der Waals surface area contributed by atoms with E-state index in [9.17, 15) is 0 Å². The molecule has 1 aliphatic heterocycles. The first kappa shape index (κ1) is 11.1. The second-order valence-corrected chi connectivity index (χ2v) is 4.78. The van der Waals surface area contributed by atoms with Crippen LogP contribution >= 0.6 is 0 Å². The largest absolute Gasteiger partial charge is 0.481 e. The van der Waals surface area contributed by atoms with Gasteiger partial charge in [-0.15, -0.1) is 0 Å². The third-order valence-corrected chi connectivity index (χ3v) is 3.46. The van der Waals surface area contributed by atoms with Crippen LogP contribution in [0.2, 0.25) is 0 Å². The Morgan fingerprint density at radius 1 is 0.944 bits per heavy atom. The van der Waals surface area contributed by atoms with Gasteiger partial charge in [-0.3, -0.25) is 0 Å². The third-order valence-electron chi connectivity index (χ3n) is 3.46. The highest BCUT2D eigenvalue weighted by Crippen LogP contribution is 2.34. The van der Waals surface area contributed by atoms with Crippen LogP contribution in [0.3, 0.4) is 0 Å². The summed E-state index contributed by atoms with van der Waals surface area (Å²) in [5.74, 6) is 0.981. The molecule has 1 heteroatoms. The van der Waals surface area contributed by atoms with Crippen LogP contribution in [0.15, 0.2) is 48.5 Å². The normalized spacial score (nSPS) is 17.1. The fraction of sp³-hybridized carbons (Fsp3) is 0.176. The van der Waals surface area contributed by atoms with Crippen molar-refractivity contribution in [2.45, 2.75) is 20.0 Å². The van der Waals surface area contributed by atoms with Gasteiger partial charge in [0, 0.05) is 5.56 Å². The van der Waals surface area contributed by atoms with E-state index >= 15 is 0 Å². The first-order valence-electron chi connectivity index (χ1n) is 6.25. The van der Waals surface area contributed by atoms with E-state index in [0.29, 0.717) is 0 Å². The Labute approximate surface area is 108 Å².